The van der Waals surface area contributed by atoms with Gasteiger partial charge in [0.1, 0.15) is 5.82 Å². The Morgan fingerprint density at radius 1 is 0.971 bits per heavy atom. The molecule has 0 amide bonds. The van der Waals surface area contributed by atoms with Crippen molar-refractivity contribution >= 4 is 38.7 Å². The molecule has 0 spiro atoms. The quantitative estimate of drug-likeness (QED) is 0.336. The first-order valence-corrected chi connectivity index (χ1v) is 11.8. The van der Waals surface area contributed by atoms with Gasteiger partial charge in [-0.3, -0.25) is 4.72 Å². The van der Waals surface area contributed by atoms with Crippen molar-refractivity contribution in [2.45, 2.75) is 24.8 Å². The average molecular weight is 480 g/mol. The van der Waals surface area contributed by atoms with Crippen LogP contribution in [0.3, 0.4) is 0 Å². The third-order valence-electron chi connectivity index (χ3n) is 4.88. The van der Waals surface area contributed by atoms with Gasteiger partial charge in [0.15, 0.2) is 0 Å². The molecule has 3 aromatic carbocycles. The third kappa shape index (κ3) is 4.91. The van der Waals surface area contributed by atoms with Crippen molar-refractivity contribution in [2.75, 3.05) is 4.72 Å². The summed E-state index contributed by atoms with van der Waals surface area (Å²) in [5.74, 6) is -1.02. The van der Waals surface area contributed by atoms with Crippen molar-refractivity contribution in [3.05, 3.63) is 77.9 Å². The Hall–Kier alpha value is -4.18. The number of carbonyl (C=O) groups is 2. The molecule has 3 N–H and O–H groups in total. The second-order valence-electron chi connectivity index (χ2n) is 7.78. The van der Waals surface area contributed by atoms with Gasteiger partial charge in [0.05, 0.1) is 33.2 Å². The van der Waals surface area contributed by atoms with Crippen molar-refractivity contribution < 1.29 is 27.9 Å². The summed E-state index contributed by atoms with van der Waals surface area (Å²) in [7, 11) is -3.91. The second kappa shape index (κ2) is 8.99. The highest BCUT2D eigenvalue weighted by Crippen LogP contribution is 2.24. The Morgan fingerprint density at radius 3 is 2.24 bits per heavy atom. The molecule has 0 atom stereocenters. The molecule has 1 aromatic heterocycles. The highest BCUT2D eigenvalue weighted by Gasteiger charge is 2.17. The van der Waals surface area contributed by atoms with E-state index in [1.54, 1.807) is 32.0 Å². The number of imidazole rings is 1. The number of nitrogens with one attached hydrogen (secondary N) is 2. The molecule has 0 aliphatic heterocycles. The summed E-state index contributed by atoms with van der Waals surface area (Å²) in [6, 6.07) is 16.6. The third-order valence-corrected chi connectivity index (χ3v) is 6.26. The number of aromatic carboxylic acids is 1. The van der Waals surface area contributed by atoms with E-state index in [-0.39, 0.29) is 16.6 Å². The summed E-state index contributed by atoms with van der Waals surface area (Å²) >= 11 is 0. The van der Waals surface area contributed by atoms with E-state index < -0.39 is 22.0 Å². The number of sulfonamides is 1. The lowest BCUT2D eigenvalue weighted by atomic mass is 10.1. The number of carboxylic acids is 1. The van der Waals surface area contributed by atoms with Crippen molar-refractivity contribution in [1.82, 2.24) is 9.97 Å². The summed E-state index contributed by atoms with van der Waals surface area (Å²) < 4.78 is 33.4. The molecule has 0 saturated heterocycles. The first-order valence-electron chi connectivity index (χ1n) is 10.3. The minimum Gasteiger partial charge on any atom is -0.478 e. The smallest absolute Gasteiger partial charge is 0.338 e. The zero-order valence-electron chi connectivity index (χ0n) is 18.3. The number of benzene rings is 3. The van der Waals surface area contributed by atoms with Gasteiger partial charge in [-0.15, -0.1) is 0 Å². The number of anilines is 1. The molecule has 4 rings (SSSR count). The van der Waals surface area contributed by atoms with E-state index in [0.29, 0.717) is 33.7 Å². The fourth-order valence-electron chi connectivity index (χ4n) is 3.23. The van der Waals surface area contributed by atoms with Gasteiger partial charge in [-0.1, -0.05) is 12.1 Å². The van der Waals surface area contributed by atoms with Crippen LogP contribution >= 0.6 is 0 Å². The largest absolute Gasteiger partial charge is 0.478 e. The monoisotopic (exact) mass is 479 g/mol. The molecule has 4 aromatic rings. The van der Waals surface area contributed by atoms with E-state index in [1.165, 1.54) is 48.5 Å². The molecule has 1 heterocycles. The van der Waals surface area contributed by atoms with E-state index in [1.807, 2.05) is 0 Å². The number of nitrogens with zero attached hydrogens (tertiary/aromatic N) is 1. The zero-order chi connectivity index (χ0) is 24.5. The number of aromatic nitrogens is 2. The van der Waals surface area contributed by atoms with Crippen molar-refractivity contribution in [3.8, 4) is 11.4 Å². The van der Waals surface area contributed by atoms with Crippen molar-refractivity contribution in [3.63, 3.8) is 0 Å². The number of carbonyl (C=O) groups excluding carboxylic acids is 1. The van der Waals surface area contributed by atoms with Gasteiger partial charge < -0.3 is 14.8 Å². The first kappa shape index (κ1) is 23.0. The SMILES string of the molecule is CC(C)OC(=O)c1ccc(NS(=O)(=O)c2ccc3nc(-c4ccc(C(=O)O)cc4)[nH]c3c2)cc1. The van der Waals surface area contributed by atoms with Crippen LogP contribution < -0.4 is 4.72 Å². The number of rotatable bonds is 7. The molecule has 9 nitrogen and oxygen atoms in total. The Balaban J connectivity index is 1.55. The molecule has 0 fully saturated rings. The number of carboxylic acid groups (broad SMARTS) is 1. The lowest BCUT2D eigenvalue weighted by molar-refractivity contribution is 0.0377. The fourth-order valence-corrected chi connectivity index (χ4v) is 4.32. The van der Waals surface area contributed by atoms with Crippen molar-refractivity contribution in [1.29, 1.82) is 0 Å². The number of ether oxygens (including phenoxy) is 1. The van der Waals surface area contributed by atoms with Gasteiger partial charge in [-0.05, 0) is 68.4 Å². The molecule has 0 bridgehead atoms. The number of fused-ring (bicyclic) bond motifs is 1. The van der Waals surface area contributed by atoms with Crippen LogP contribution in [0.4, 0.5) is 5.69 Å². The molecule has 0 aliphatic carbocycles. The fraction of sp³-hybridized carbons (Fsp3) is 0.125. The summed E-state index contributed by atoms with van der Waals surface area (Å²) in [5.41, 5.74) is 2.50. The molecular weight excluding hydrogens is 458 g/mol. The molecule has 34 heavy (non-hydrogen) atoms. The van der Waals surface area contributed by atoms with Gasteiger partial charge in [0, 0.05) is 11.3 Å². The Kier molecular flexibility index (Phi) is 6.08. The van der Waals surface area contributed by atoms with Gasteiger partial charge in [0.25, 0.3) is 10.0 Å². The number of aromatic amines is 1. The Labute approximate surface area is 195 Å². The normalized spacial score (nSPS) is 11.5. The van der Waals surface area contributed by atoms with E-state index in [9.17, 15) is 18.0 Å². The van der Waals surface area contributed by atoms with Crippen LogP contribution in [-0.4, -0.2) is 41.5 Å². The van der Waals surface area contributed by atoms with E-state index in [0.717, 1.165) is 0 Å². The molecule has 0 unspecified atom stereocenters. The van der Waals surface area contributed by atoms with Crippen molar-refractivity contribution in [2.24, 2.45) is 0 Å². The first-order chi connectivity index (χ1) is 16.1. The zero-order valence-corrected chi connectivity index (χ0v) is 19.1. The molecule has 0 radical (unpaired) electrons. The van der Waals surface area contributed by atoms with E-state index >= 15 is 0 Å². The van der Waals surface area contributed by atoms with Gasteiger partial charge >= 0.3 is 11.9 Å². The maximum Gasteiger partial charge on any atom is 0.338 e. The molecule has 174 valence electrons. The highest BCUT2D eigenvalue weighted by atomic mass is 32.2. The minimum atomic E-state index is -3.91. The maximum atomic E-state index is 12.9. The van der Waals surface area contributed by atoms with Crippen LogP contribution in [-0.2, 0) is 14.8 Å². The Morgan fingerprint density at radius 2 is 1.62 bits per heavy atom. The number of H-pyrrole nitrogens is 1. The molecule has 10 heteroatoms. The summed E-state index contributed by atoms with van der Waals surface area (Å²) in [5, 5.41) is 9.04. The second-order valence-corrected chi connectivity index (χ2v) is 9.47. The lowest BCUT2D eigenvalue weighted by Gasteiger charge is -2.10. The highest BCUT2D eigenvalue weighted by molar-refractivity contribution is 7.92. The van der Waals surface area contributed by atoms with Crippen LogP contribution in [0.15, 0.2) is 71.6 Å². The van der Waals surface area contributed by atoms with Crippen LogP contribution in [0.2, 0.25) is 0 Å². The summed E-state index contributed by atoms with van der Waals surface area (Å²) in [4.78, 5) is 30.5. The molecular formula is C24H21N3O6S. The van der Waals surface area contributed by atoms with Gasteiger partial charge in [-0.2, -0.15) is 0 Å². The predicted molar refractivity (Wildman–Crippen MR) is 126 cm³/mol. The Bertz CT molecular complexity index is 1470. The lowest BCUT2D eigenvalue weighted by Crippen LogP contribution is -2.14. The maximum absolute atomic E-state index is 12.9. The van der Waals surface area contributed by atoms with Gasteiger partial charge in [-0.25, -0.2) is 23.0 Å². The van der Waals surface area contributed by atoms with Crippen LogP contribution in [0.25, 0.3) is 22.4 Å². The molecule has 0 saturated carbocycles. The number of esters is 1. The van der Waals surface area contributed by atoms with Gasteiger partial charge in [0.2, 0.25) is 0 Å². The number of hydrogen-bond acceptors (Lipinski definition) is 6. The van der Waals surface area contributed by atoms with Crippen LogP contribution in [0.5, 0.6) is 0 Å². The summed E-state index contributed by atoms with van der Waals surface area (Å²) in [6.45, 7) is 3.49. The van der Waals surface area contributed by atoms with Crippen LogP contribution in [0.1, 0.15) is 34.6 Å². The topological polar surface area (TPSA) is 138 Å². The number of hydrogen-bond donors (Lipinski definition) is 3. The van der Waals surface area contributed by atoms with E-state index in [4.69, 9.17) is 9.84 Å². The van der Waals surface area contributed by atoms with Crippen LogP contribution in [0, 0.1) is 0 Å². The summed E-state index contributed by atoms with van der Waals surface area (Å²) in [6.07, 6.45) is -0.257. The average Bonchev–Trinajstić information content (AvgIpc) is 3.22. The van der Waals surface area contributed by atoms with E-state index in [2.05, 4.69) is 14.7 Å². The standard InChI is InChI=1S/C24H21N3O6S/c1-14(2)33-24(30)17-7-9-18(10-8-17)27-34(31,32)19-11-12-20-21(13-19)26-22(25-20)15-3-5-16(6-4-15)23(28)29/h3-14,27H,1-2H3,(H,25,26)(H,28,29). The minimum absolute atomic E-state index is 0.0275. The molecule has 0 aliphatic rings. The predicted octanol–water partition coefficient (Wildman–Crippen LogP) is 4.29.